The van der Waals surface area contributed by atoms with Gasteiger partial charge in [0.2, 0.25) is 0 Å². The Kier molecular flexibility index (Phi) is 5.12. The van der Waals surface area contributed by atoms with Crippen molar-refractivity contribution in [1.29, 1.82) is 0 Å². The fourth-order valence-corrected chi connectivity index (χ4v) is 3.24. The fourth-order valence-electron chi connectivity index (χ4n) is 2.20. The van der Waals surface area contributed by atoms with Crippen LogP contribution >= 0.6 is 45.8 Å². The van der Waals surface area contributed by atoms with Gasteiger partial charge in [-0.3, -0.25) is 14.2 Å². The summed E-state index contributed by atoms with van der Waals surface area (Å²) < 4.78 is 4.04. The van der Waals surface area contributed by atoms with Crippen molar-refractivity contribution in [3.8, 4) is 0 Å². The summed E-state index contributed by atoms with van der Waals surface area (Å²) in [5.74, 6) is -0.228. The van der Waals surface area contributed by atoms with Gasteiger partial charge >= 0.3 is 0 Å². The van der Waals surface area contributed by atoms with Crippen LogP contribution in [-0.2, 0) is 13.6 Å². The van der Waals surface area contributed by atoms with Crippen LogP contribution < -0.4 is 5.32 Å². The minimum absolute atomic E-state index is 0.228. The van der Waals surface area contributed by atoms with Crippen LogP contribution in [0, 0.1) is 3.57 Å². The van der Waals surface area contributed by atoms with Gasteiger partial charge in [-0.25, -0.2) is 0 Å². The van der Waals surface area contributed by atoms with E-state index in [4.69, 9.17) is 23.2 Å². The van der Waals surface area contributed by atoms with E-state index in [1.165, 1.54) is 4.68 Å². The highest BCUT2D eigenvalue weighted by molar-refractivity contribution is 14.1. The zero-order chi connectivity index (χ0) is 17.3. The Hall–Kier alpha value is -1.58. The zero-order valence-electron chi connectivity index (χ0n) is 12.5. The van der Waals surface area contributed by atoms with Crippen LogP contribution in [0.5, 0.6) is 0 Å². The van der Waals surface area contributed by atoms with Gasteiger partial charge in [-0.15, -0.1) is 0 Å². The molecule has 0 aliphatic carbocycles. The van der Waals surface area contributed by atoms with E-state index in [0.717, 1.165) is 9.13 Å². The number of nitrogens with zero attached hydrogens (tertiary/aromatic N) is 4. The van der Waals surface area contributed by atoms with Crippen LogP contribution in [0.15, 0.2) is 36.8 Å². The van der Waals surface area contributed by atoms with Crippen LogP contribution in [0.4, 0.5) is 5.69 Å². The minimum atomic E-state index is -0.228. The molecule has 24 heavy (non-hydrogen) atoms. The molecule has 0 atom stereocenters. The first-order valence-electron chi connectivity index (χ1n) is 6.89. The van der Waals surface area contributed by atoms with E-state index in [9.17, 15) is 4.79 Å². The molecule has 0 spiro atoms. The maximum Gasteiger partial charge on any atom is 0.275 e. The van der Waals surface area contributed by atoms with Crippen LogP contribution in [-0.4, -0.2) is 25.5 Å². The number of halogens is 3. The van der Waals surface area contributed by atoms with Gasteiger partial charge in [-0.1, -0.05) is 29.3 Å². The molecule has 0 radical (unpaired) electrons. The molecule has 0 saturated carbocycles. The molecule has 2 heterocycles. The van der Waals surface area contributed by atoms with Gasteiger partial charge in [0.1, 0.15) is 5.69 Å². The third kappa shape index (κ3) is 3.73. The maximum atomic E-state index is 12.3. The van der Waals surface area contributed by atoms with Crippen molar-refractivity contribution in [1.82, 2.24) is 19.6 Å². The standard InChI is InChI=1S/C15H12Cl2IN5O/c1-22-14(13(18)6-19-22)15(24)21-10-5-20-23(8-10)7-9-2-3-11(16)12(17)4-9/h2-6,8H,7H2,1H3,(H,21,24). The highest BCUT2D eigenvalue weighted by atomic mass is 127. The number of anilines is 1. The number of amides is 1. The summed E-state index contributed by atoms with van der Waals surface area (Å²) >= 11 is 14.0. The van der Waals surface area contributed by atoms with Gasteiger partial charge in [0.25, 0.3) is 5.91 Å². The van der Waals surface area contributed by atoms with E-state index < -0.39 is 0 Å². The van der Waals surface area contributed by atoms with Gasteiger partial charge in [-0.2, -0.15) is 10.2 Å². The van der Waals surface area contributed by atoms with Crippen molar-refractivity contribution in [3.05, 3.63) is 61.7 Å². The van der Waals surface area contributed by atoms with Gasteiger partial charge in [0.05, 0.1) is 38.2 Å². The molecule has 1 amide bonds. The number of benzene rings is 1. The predicted octanol–water partition coefficient (Wildman–Crippen LogP) is 3.83. The molecular formula is C15H12Cl2IN5O. The number of nitrogens with one attached hydrogen (secondary N) is 1. The van der Waals surface area contributed by atoms with Gasteiger partial charge in [0.15, 0.2) is 0 Å². The summed E-state index contributed by atoms with van der Waals surface area (Å²) in [6, 6.07) is 5.42. The molecule has 124 valence electrons. The lowest BCUT2D eigenvalue weighted by atomic mass is 10.2. The number of carbonyl (C=O) groups excluding carboxylic acids is 1. The molecule has 0 saturated heterocycles. The second-order valence-electron chi connectivity index (χ2n) is 5.09. The molecule has 2 aromatic heterocycles. The number of aromatic nitrogens is 4. The SMILES string of the molecule is Cn1ncc(I)c1C(=O)Nc1cnn(Cc2ccc(Cl)c(Cl)c2)c1. The summed E-state index contributed by atoms with van der Waals surface area (Å²) in [6.07, 6.45) is 4.99. The molecule has 3 rings (SSSR count). The van der Waals surface area contributed by atoms with Gasteiger partial charge < -0.3 is 5.32 Å². The van der Waals surface area contributed by atoms with E-state index in [0.29, 0.717) is 28.0 Å². The number of hydrogen-bond acceptors (Lipinski definition) is 3. The second-order valence-corrected chi connectivity index (χ2v) is 7.07. The van der Waals surface area contributed by atoms with E-state index in [1.807, 2.05) is 6.07 Å². The normalized spacial score (nSPS) is 10.8. The van der Waals surface area contributed by atoms with Crippen molar-refractivity contribution in [2.45, 2.75) is 6.54 Å². The molecule has 6 nitrogen and oxygen atoms in total. The summed E-state index contributed by atoms with van der Waals surface area (Å²) in [4.78, 5) is 12.3. The lowest BCUT2D eigenvalue weighted by Gasteiger charge is -2.04. The summed E-state index contributed by atoms with van der Waals surface area (Å²) in [5.41, 5.74) is 2.08. The zero-order valence-corrected chi connectivity index (χ0v) is 16.2. The largest absolute Gasteiger partial charge is 0.318 e. The highest BCUT2D eigenvalue weighted by Gasteiger charge is 2.16. The van der Waals surface area contributed by atoms with Gasteiger partial charge in [-0.05, 0) is 40.3 Å². The quantitative estimate of drug-likeness (QED) is 0.583. The average molecular weight is 476 g/mol. The molecule has 1 aromatic carbocycles. The first-order chi connectivity index (χ1) is 11.4. The number of carbonyl (C=O) groups is 1. The summed E-state index contributed by atoms with van der Waals surface area (Å²) in [5, 5.41) is 12.1. The third-order valence-electron chi connectivity index (χ3n) is 3.33. The van der Waals surface area contributed by atoms with E-state index in [1.54, 1.807) is 42.5 Å². The number of aryl methyl sites for hydroxylation is 1. The Balaban J connectivity index is 1.71. The average Bonchev–Trinajstić information content (AvgIpc) is 3.09. The van der Waals surface area contributed by atoms with Crippen LogP contribution in [0.3, 0.4) is 0 Å². The lowest BCUT2D eigenvalue weighted by molar-refractivity contribution is 0.101. The Morgan fingerprint density at radius 3 is 2.71 bits per heavy atom. The van der Waals surface area contributed by atoms with Gasteiger partial charge in [0, 0.05) is 13.2 Å². The van der Waals surface area contributed by atoms with Crippen molar-refractivity contribution in [2.75, 3.05) is 5.32 Å². The van der Waals surface area contributed by atoms with Crippen molar-refractivity contribution >= 4 is 57.4 Å². The molecular weight excluding hydrogens is 464 g/mol. The first-order valence-corrected chi connectivity index (χ1v) is 8.73. The topological polar surface area (TPSA) is 64.7 Å². The molecule has 9 heteroatoms. The molecule has 0 fully saturated rings. The highest BCUT2D eigenvalue weighted by Crippen LogP contribution is 2.23. The van der Waals surface area contributed by atoms with E-state index >= 15 is 0 Å². The molecule has 0 unspecified atom stereocenters. The Labute approximate surface area is 161 Å². The van der Waals surface area contributed by atoms with E-state index in [-0.39, 0.29) is 5.91 Å². The molecule has 0 aliphatic rings. The third-order valence-corrected chi connectivity index (χ3v) is 4.86. The molecule has 0 bridgehead atoms. The van der Waals surface area contributed by atoms with Crippen LogP contribution in [0.25, 0.3) is 0 Å². The molecule has 3 aromatic rings. The monoisotopic (exact) mass is 475 g/mol. The summed E-state index contributed by atoms with van der Waals surface area (Å²) in [7, 11) is 1.73. The smallest absolute Gasteiger partial charge is 0.275 e. The number of hydrogen-bond donors (Lipinski definition) is 1. The van der Waals surface area contributed by atoms with Crippen molar-refractivity contribution in [3.63, 3.8) is 0 Å². The Morgan fingerprint density at radius 1 is 1.25 bits per heavy atom. The first kappa shape index (κ1) is 17.2. The maximum absolute atomic E-state index is 12.3. The van der Waals surface area contributed by atoms with Crippen LogP contribution in [0.2, 0.25) is 10.0 Å². The fraction of sp³-hybridized carbons (Fsp3) is 0.133. The number of rotatable bonds is 4. The Bertz CT molecular complexity index is 886. The molecule has 0 aliphatic heterocycles. The minimum Gasteiger partial charge on any atom is -0.318 e. The Morgan fingerprint density at radius 2 is 2.04 bits per heavy atom. The van der Waals surface area contributed by atoms with E-state index in [2.05, 4.69) is 38.1 Å². The lowest BCUT2D eigenvalue weighted by Crippen LogP contribution is -2.17. The van der Waals surface area contributed by atoms with Crippen molar-refractivity contribution in [2.24, 2.45) is 7.05 Å². The molecule has 1 N–H and O–H groups in total. The summed E-state index contributed by atoms with van der Waals surface area (Å²) in [6.45, 7) is 0.524. The van der Waals surface area contributed by atoms with Crippen molar-refractivity contribution < 1.29 is 4.79 Å². The predicted molar refractivity (Wildman–Crippen MR) is 102 cm³/mol. The second kappa shape index (κ2) is 7.12. The van der Waals surface area contributed by atoms with Crippen LogP contribution in [0.1, 0.15) is 16.1 Å².